The van der Waals surface area contributed by atoms with E-state index in [0.717, 1.165) is 83.4 Å². The van der Waals surface area contributed by atoms with E-state index in [1.165, 1.54) is 18.5 Å². The molecule has 3 fully saturated rings. The molecule has 1 unspecified atom stereocenters. The highest BCUT2D eigenvalue weighted by molar-refractivity contribution is 5.76. The van der Waals surface area contributed by atoms with Crippen LogP contribution in [0.25, 0.3) is 0 Å². The number of allylic oxidation sites excluding steroid dienone is 2. The maximum atomic E-state index is 12.3. The lowest BCUT2D eigenvalue weighted by molar-refractivity contribution is -0.0534. The van der Waals surface area contributed by atoms with Gasteiger partial charge in [-0.2, -0.15) is 0 Å². The zero-order valence-electron chi connectivity index (χ0n) is 18.8. The van der Waals surface area contributed by atoms with E-state index in [-0.39, 0.29) is 12.1 Å². The van der Waals surface area contributed by atoms with Crippen LogP contribution < -0.4 is 21.3 Å². The van der Waals surface area contributed by atoms with E-state index in [9.17, 15) is 4.79 Å². The van der Waals surface area contributed by atoms with E-state index in [0.29, 0.717) is 12.1 Å². The van der Waals surface area contributed by atoms with E-state index < -0.39 is 0 Å². The van der Waals surface area contributed by atoms with Crippen LogP contribution in [0.4, 0.5) is 4.79 Å². The lowest BCUT2D eigenvalue weighted by Gasteiger charge is -2.44. The van der Waals surface area contributed by atoms with E-state index in [1.807, 2.05) is 12.2 Å². The molecule has 0 spiro atoms. The van der Waals surface area contributed by atoms with Crippen LogP contribution in [0.1, 0.15) is 25.7 Å². The van der Waals surface area contributed by atoms with Gasteiger partial charge in [-0.15, -0.1) is 0 Å². The number of carbonyl (C=O) groups is 1. The summed E-state index contributed by atoms with van der Waals surface area (Å²) in [7, 11) is 0. The van der Waals surface area contributed by atoms with E-state index in [4.69, 9.17) is 9.47 Å². The van der Waals surface area contributed by atoms with Crippen LogP contribution in [0.3, 0.4) is 0 Å². The number of likely N-dealkylation sites (tertiary alicyclic amines) is 1. The van der Waals surface area contributed by atoms with Gasteiger partial charge in [0, 0.05) is 50.2 Å². The summed E-state index contributed by atoms with van der Waals surface area (Å²) in [4.78, 5) is 17.1. The van der Waals surface area contributed by atoms with Gasteiger partial charge >= 0.3 is 6.03 Å². The predicted octanol–water partition coefficient (Wildman–Crippen LogP) is 0.445. The van der Waals surface area contributed by atoms with Gasteiger partial charge in [-0.05, 0) is 31.1 Å². The number of urea groups is 1. The zero-order chi connectivity index (χ0) is 21.8. The third kappa shape index (κ3) is 5.39. The minimum absolute atomic E-state index is 0.0480. The minimum Gasteiger partial charge on any atom is -0.381 e. The van der Waals surface area contributed by atoms with Gasteiger partial charge in [0.25, 0.3) is 0 Å². The summed E-state index contributed by atoms with van der Waals surface area (Å²) in [6.07, 6.45) is 11.1. The van der Waals surface area contributed by atoms with Gasteiger partial charge in [-0.25, -0.2) is 4.79 Å². The second-order valence-corrected chi connectivity index (χ2v) is 9.27. The Bertz CT molecular complexity index is 764. The molecular formula is C23H36N6O3. The first-order valence-electron chi connectivity index (χ1n) is 12.1. The first kappa shape index (κ1) is 21.6. The van der Waals surface area contributed by atoms with Crippen molar-refractivity contribution in [3.8, 4) is 0 Å². The normalized spacial score (nSPS) is 26.7. The molecule has 0 aromatic rings. The summed E-state index contributed by atoms with van der Waals surface area (Å²) in [6, 6.07) is 0.232. The fraction of sp³-hybridized carbons (Fsp3) is 0.696. The average Bonchev–Trinajstić information content (AvgIpc) is 3.28. The molecule has 0 bridgehead atoms. The second kappa shape index (κ2) is 10.1. The molecule has 1 saturated carbocycles. The van der Waals surface area contributed by atoms with Gasteiger partial charge in [0.2, 0.25) is 0 Å². The van der Waals surface area contributed by atoms with Crippen molar-refractivity contribution in [2.75, 3.05) is 59.1 Å². The highest BCUT2D eigenvalue weighted by Gasteiger charge is 2.32. The predicted molar refractivity (Wildman–Crippen MR) is 122 cm³/mol. The maximum Gasteiger partial charge on any atom is 0.320 e. The molecule has 5 rings (SSSR count). The third-order valence-electron chi connectivity index (χ3n) is 6.97. The molecular weight excluding hydrogens is 408 g/mol. The van der Waals surface area contributed by atoms with Crippen LogP contribution in [-0.4, -0.2) is 93.1 Å². The number of nitrogens with one attached hydrogen (secondary N) is 4. The minimum atomic E-state index is -0.125. The van der Waals surface area contributed by atoms with Crippen LogP contribution in [-0.2, 0) is 9.47 Å². The van der Waals surface area contributed by atoms with Gasteiger partial charge in [-0.1, -0.05) is 12.8 Å². The Morgan fingerprint density at radius 1 is 1.19 bits per heavy atom. The van der Waals surface area contributed by atoms with Crippen molar-refractivity contribution in [3.05, 3.63) is 35.4 Å². The first-order valence-corrected chi connectivity index (χ1v) is 12.1. The Morgan fingerprint density at radius 2 is 2.00 bits per heavy atom. The monoisotopic (exact) mass is 444 g/mol. The molecule has 176 valence electrons. The van der Waals surface area contributed by atoms with Crippen LogP contribution in [0.5, 0.6) is 0 Å². The van der Waals surface area contributed by atoms with Crippen LogP contribution >= 0.6 is 0 Å². The molecule has 1 atom stereocenters. The summed E-state index contributed by atoms with van der Waals surface area (Å²) in [5, 5.41) is 13.0. The number of ether oxygens (including phenoxy) is 2. The van der Waals surface area contributed by atoms with Crippen molar-refractivity contribution in [2.24, 2.45) is 0 Å². The Kier molecular flexibility index (Phi) is 6.85. The zero-order valence-corrected chi connectivity index (χ0v) is 18.8. The smallest absolute Gasteiger partial charge is 0.320 e. The van der Waals surface area contributed by atoms with E-state index in [1.54, 1.807) is 0 Å². The van der Waals surface area contributed by atoms with Gasteiger partial charge in [-0.3, -0.25) is 10.2 Å². The van der Waals surface area contributed by atoms with E-state index >= 15 is 0 Å². The highest BCUT2D eigenvalue weighted by Crippen LogP contribution is 2.23. The van der Waals surface area contributed by atoms with Crippen molar-refractivity contribution in [1.29, 1.82) is 0 Å². The number of rotatable bonds is 7. The van der Waals surface area contributed by atoms with Gasteiger partial charge in [0.15, 0.2) is 0 Å². The largest absolute Gasteiger partial charge is 0.381 e. The van der Waals surface area contributed by atoms with Crippen LogP contribution in [0, 0.1) is 0 Å². The number of carbonyl (C=O) groups excluding carboxylic acids is 1. The molecule has 9 nitrogen and oxygen atoms in total. The Balaban J connectivity index is 1.05. The molecule has 32 heavy (non-hydrogen) atoms. The Morgan fingerprint density at radius 3 is 2.81 bits per heavy atom. The Labute approximate surface area is 190 Å². The van der Waals surface area contributed by atoms with Gasteiger partial charge in [0.05, 0.1) is 38.5 Å². The number of nitrogens with zero attached hydrogens (tertiary/aromatic N) is 2. The topological polar surface area (TPSA) is 90.1 Å². The number of hydrogen-bond acceptors (Lipinski definition) is 7. The van der Waals surface area contributed by atoms with Crippen molar-refractivity contribution < 1.29 is 14.3 Å². The molecule has 4 N–H and O–H groups in total. The van der Waals surface area contributed by atoms with Gasteiger partial charge < -0.3 is 30.3 Å². The fourth-order valence-electron chi connectivity index (χ4n) is 4.97. The molecule has 1 aliphatic carbocycles. The molecule has 2 saturated heterocycles. The van der Waals surface area contributed by atoms with Crippen molar-refractivity contribution in [1.82, 2.24) is 31.1 Å². The van der Waals surface area contributed by atoms with Crippen LogP contribution in [0.2, 0.25) is 0 Å². The summed E-state index contributed by atoms with van der Waals surface area (Å²) in [5.41, 5.74) is 2.42. The number of dihydropyridines is 1. The molecule has 4 aliphatic heterocycles. The molecule has 9 heteroatoms. The fourth-order valence-corrected chi connectivity index (χ4v) is 4.97. The lowest BCUT2D eigenvalue weighted by Crippen LogP contribution is -2.55. The van der Waals surface area contributed by atoms with Crippen LogP contribution in [0.15, 0.2) is 35.4 Å². The molecule has 0 aromatic heterocycles. The quantitative estimate of drug-likeness (QED) is 0.453. The maximum absolute atomic E-state index is 12.3. The Hall–Kier alpha value is -2.23. The number of hydrogen-bond donors (Lipinski definition) is 4. The molecule has 2 amide bonds. The lowest BCUT2D eigenvalue weighted by atomic mass is 10.0. The highest BCUT2D eigenvalue weighted by atomic mass is 16.5. The van der Waals surface area contributed by atoms with Crippen molar-refractivity contribution in [2.45, 2.75) is 43.9 Å². The number of amides is 2. The van der Waals surface area contributed by atoms with Gasteiger partial charge in [0.1, 0.15) is 5.82 Å². The van der Waals surface area contributed by atoms with E-state index in [2.05, 4.69) is 37.1 Å². The van der Waals surface area contributed by atoms with Crippen molar-refractivity contribution >= 4 is 6.03 Å². The summed E-state index contributed by atoms with van der Waals surface area (Å²) in [6.45, 7) is 8.16. The number of fused-ring (bicyclic) bond motifs is 1. The summed E-state index contributed by atoms with van der Waals surface area (Å²) < 4.78 is 11.5. The second-order valence-electron chi connectivity index (χ2n) is 9.27. The number of morpholine rings is 1. The molecule has 4 heterocycles. The first-order chi connectivity index (χ1) is 15.7. The molecule has 0 radical (unpaired) electrons. The molecule has 0 aromatic carbocycles. The van der Waals surface area contributed by atoms with Crippen molar-refractivity contribution in [3.63, 3.8) is 0 Å². The standard InChI is InChI=1S/C23H36N6O3/c30-23(25-17-3-1-2-4-17)27-22-6-5-20-21(26-22)13-18(14-24-20)29-15-19(16-29)32-12-9-28-7-10-31-11-8-28/h5-6,13,17,19,21,24,26H,1-4,7-12,14-16H2,(H2,25,27,30). The summed E-state index contributed by atoms with van der Waals surface area (Å²) in [5.74, 6) is 0.737. The average molecular weight is 445 g/mol. The third-order valence-corrected chi connectivity index (χ3v) is 6.97. The summed E-state index contributed by atoms with van der Waals surface area (Å²) >= 11 is 0. The SMILES string of the molecule is O=C(NC1=CC=C2NCC(N3CC(OCCN4CCOCC4)C3)=CC2N1)NC1CCCC1. The molecule has 5 aliphatic rings.